The lowest BCUT2D eigenvalue weighted by Crippen LogP contribution is -2.24. The fourth-order valence-electron chi connectivity index (χ4n) is 0.704. The van der Waals surface area contributed by atoms with Crippen molar-refractivity contribution in [3.05, 3.63) is 11.3 Å². The van der Waals surface area contributed by atoms with Gasteiger partial charge in [0.25, 0.3) is 0 Å². The van der Waals surface area contributed by atoms with Crippen molar-refractivity contribution in [2.24, 2.45) is 0 Å². The lowest BCUT2D eigenvalue weighted by Gasteiger charge is -1.99. The second-order valence-electron chi connectivity index (χ2n) is 3.12. The van der Waals surface area contributed by atoms with Gasteiger partial charge in [0.2, 0.25) is 0 Å². The van der Waals surface area contributed by atoms with Crippen LogP contribution < -0.4 is 10.6 Å². The summed E-state index contributed by atoms with van der Waals surface area (Å²) >= 11 is 0. The highest BCUT2D eigenvalue weighted by atomic mass is 16.5. The van der Waals surface area contributed by atoms with Gasteiger partial charge in [-0.1, -0.05) is 25.4 Å². The Balaban J connectivity index is 0.000000583. The van der Waals surface area contributed by atoms with Gasteiger partial charge in [-0.25, -0.2) is 4.79 Å². The first-order chi connectivity index (χ1) is 7.06. The third-order valence-electron chi connectivity index (χ3n) is 1.62. The molecule has 0 unspecified atom stereocenters. The van der Waals surface area contributed by atoms with Crippen LogP contribution in [0.3, 0.4) is 0 Å². The van der Waals surface area contributed by atoms with Crippen molar-refractivity contribution >= 4 is 11.8 Å². The number of carbonyl (C=O) groups is 1. The molecule has 0 aliphatic carbocycles. The van der Waals surface area contributed by atoms with Gasteiger partial charge in [0.15, 0.2) is 5.82 Å². The molecule has 2 amide bonds. The maximum Gasteiger partial charge on any atom is 0.320 e. The predicted molar refractivity (Wildman–Crippen MR) is 60.0 cm³/mol. The quantitative estimate of drug-likeness (QED) is 0.753. The first kappa shape index (κ1) is 13.5. The zero-order chi connectivity index (χ0) is 11.8. The Morgan fingerprint density at radius 1 is 1.40 bits per heavy atom. The molecule has 0 aromatic carbocycles. The molecule has 1 rings (SSSR count). The number of urea groups is 1. The van der Waals surface area contributed by atoms with Gasteiger partial charge in [0.1, 0.15) is 5.76 Å². The van der Waals surface area contributed by atoms with Crippen LogP contribution in [0.2, 0.25) is 0 Å². The number of amides is 2. The van der Waals surface area contributed by atoms with Gasteiger partial charge in [-0.3, -0.25) is 5.32 Å². The highest BCUT2D eigenvalue weighted by Crippen LogP contribution is 2.15. The van der Waals surface area contributed by atoms with E-state index in [9.17, 15) is 4.79 Å². The van der Waals surface area contributed by atoms with E-state index in [1.54, 1.807) is 6.92 Å². The highest BCUT2D eigenvalue weighted by molar-refractivity contribution is 5.88. The molecule has 0 atom stereocenters. The van der Waals surface area contributed by atoms with E-state index in [0.717, 1.165) is 5.56 Å². The van der Waals surface area contributed by atoms with Crippen LogP contribution in [-0.4, -0.2) is 18.2 Å². The molecule has 0 aliphatic heterocycles. The normalized spacial score (nSPS) is 8.87. The molecular weight excluding hydrogens is 194 g/mol. The van der Waals surface area contributed by atoms with E-state index >= 15 is 0 Å². The van der Waals surface area contributed by atoms with Crippen LogP contribution in [0.4, 0.5) is 10.6 Å². The lowest BCUT2D eigenvalue weighted by atomic mass is 10.3. The summed E-state index contributed by atoms with van der Waals surface area (Å²) in [5, 5.41) is 8.60. The van der Waals surface area contributed by atoms with E-state index in [1.807, 2.05) is 6.92 Å². The summed E-state index contributed by atoms with van der Waals surface area (Å²) in [7, 11) is 1.54. The van der Waals surface area contributed by atoms with Crippen molar-refractivity contribution in [3.8, 4) is 0 Å². The molecule has 5 heteroatoms. The molecule has 0 saturated heterocycles. The van der Waals surface area contributed by atoms with E-state index < -0.39 is 0 Å². The van der Waals surface area contributed by atoms with Crippen LogP contribution in [0.15, 0.2) is 4.52 Å². The van der Waals surface area contributed by atoms with E-state index in [2.05, 4.69) is 29.6 Å². The van der Waals surface area contributed by atoms with Crippen LogP contribution in [0.25, 0.3) is 0 Å². The average Bonchev–Trinajstić information content (AvgIpc) is 2.51. The largest absolute Gasteiger partial charge is 0.359 e. The molecule has 1 aromatic heterocycles. The number of nitrogens with one attached hydrogen (secondary N) is 2. The SMILES string of the molecule is CCC.CNC(=O)Nc1noc(C)c1C. The molecule has 86 valence electrons. The smallest absolute Gasteiger partial charge is 0.320 e. The monoisotopic (exact) mass is 213 g/mol. The van der Waals surface area contributed by atoms with Crippen molar-refractivity contribution in [2.75, 3.05) is 12.4 Å². The minimum absolute atomic E-state index is 0.300. The van der Waals surface area contributed by atoms with Gasteiger partial charge in [-0.15, -0.1) is 0 Å². The molecule has 15 heavy (non-hydrogen) atoms. The number of anilines is 1. The Bertz CT molecular complexity index is 308. The molecular formula is C10H19N3O2. The first-order valence-electron chi connectivity index (χ1n) is 4.98. The number of hydrogen-bond donors (Lipinski definition) is 2. The molecule has 0 aliphatic rings. The van der Waals surface area contributed by atoms with Crippen molar-refractivity contribution in [1.29, 1.82) is 0 Å². The molecule has 0 radical (unpaired) electrons. The van der Waals surface area contributed by atoms with Crippen LogP contribution in [0, 0.1) is 13.8 Å². The second kappa shape index (κ2) is 6.86. The Morgan fingerprint density at radius 2 is 1.93 bits per heavy atom. The fraction of sp³-hybridized carbons (Fsp3) is 0.600. The summed E-state index contributed by atoms with van der Waals surface area (Å²) in [5.74, 6) is 1.17. The standard InChI is InChI=1S/C7H11N3O2.C3H8/c1-4-5(2)12-10-6(4)9-7(11)8-3;1-3-2/h1-3H3,(H2,8,9,10,11);3H2,1-2H3. The summed E-state index contributed by atoms with van der Waals surface area (Å²) < 4.78 is 4.85. The van der Waals surface area contributed by atoms with Crippen LogP contribution >= 0.6 is 0 Å². The maximum absolute atomic E-state index is 10.8. The topological polar surface area (TPSA) is 67.2 Å². The number of aromatic nitrogens is 1. The summed E-state index contributed by atoms with van der Waals surface area (Å²) in [6.07, 6.45) is 1.25. The van der Waals surface area contributed by atoms with Gasteiger partial charge < -0.3 is 9.84 Å². The van der Waals surface area contributed by atoms with E-state index in [4.69, 9.17) is 4.52 Å². The molecule has 0 bridgehead atoms. The van der Waals surface area contributed by atoms with Crippen molar-refractivity contribution in [3.63, 3.8) is 0 Å². The first-order valence-corrected chi connectivity index (χ1v) is 4.98. The molecule has 5 nitrogen and oxygen atoms in total. The van der Waals surface area contributed by atoms with E-state index in [1.165, 1.54) is 13.5 Å². The Kier molecular flexibility index (Phi) is 6.17. The number of rotatable bonds is 1. The Hall–Kier alpha value is -1.52. The van der Waals surface area contributed by atoms with Gasteiger partial charge in [-0.05, 0) is 13.8 Å². The van der Waals surface area contributed by atoms with Crippen LogP contribution in [-0.2, 0) is 0 Å². The molecule has 0 saturated carbocycles. The summed E-state index contributed by atoms with van der Waals surface area (Å²) in [6.45, 7) is 7.87. The van der Waals surface area contributed by atoms with Gasteiger partial charge in [0, 0.05) is 12.6 Å². The molecule has 1 heterocycles. The lowest BCUT2D eigenvalue weighted by molar-refractivity contribution is 0.253. The summed E-state index contributed by atoms with van der Waals surface area (Å²) in [6, 6.07) is -0.300. The number of aryl methyl sites for hydroxylation is 1. The minimum atomic E-state index is -0.300. The third-order valence-corrected chi connectivity index (χ3v) is 1.62. The zero-order valence-electron chi connectivity index (χ0n) is 9.97. The van der Waals surface area contributed by atoms with Crippen LogP contribution in [0.5, 0.6) is 0 Å². The number of nitrogens with zero attached hydrogens (tertiary/aromatic N) is 1. The fourth-order valence-corrected chi connectivity index (χ4v) is 0.704. The maximum atomic E-state index is 10.8. The highest BCUT2D eigenvalue weighted by Gasteiger charge is 2.09. The van der Waals surface area contributed by atoms with Crippen molar-refractivity contribution < 1.29 is 9.32 Å². The van der Waals surface area contributed by atoms with E-state index in [-0.39, 0.29) is 6.03 Å². The number of carbonyl (C=O) groups excluding carboxylic acids is 1. The minimum Gasteiger partial charge on any atom is -0.359 e. The van der Waals surface area contributed by atoms with Gasteiger partial charge >= 0.3 is 6.03 Å². The second-order valence-corrected chi connectivity index (χ2v) is 3.12. The third kappa shape index (κ3) is 4.49. The molecule has 2 N–H and O–H groups in total. The van der Waals surface area contributed by atoms with Gasteiger partial charge in [-0.2, -0.15) is 0 Å². The Labute approximate surface area is 90.2 Å². The van der Waals surface area contributed by atoms with Crippen molar-refractivity contribution in [2.45, 2.75) is 34.1 Å². The summed E-state index contributed by atoms with van der Waals surface area (Å²) in [5.41, 5.74) is 0.846. The van der Waals surface area contributed by atoms with Crippen LogP contribution in [0.1, 0.15) is 31.6 Å². The van der Waals surface area contributed by atoms with Crippen molar-refractivity contribution in [1.82, 2.24) is 10.5 Å². The molecule has 1 aromatic rings. The number of hydrogen-bond acceptors (Lipinski definition) is 3. The van der Waals surface area contributed by atoms with Gasteiger partial charge in [0.05, 0.1) is 0 Å². The average molecular weight is 213 g/mol. The van der Waals surface area contributed by atoms with E-state index in [0.29, 0.717) is 11.6 Å². The molecule has 0 fully saturated rings. The predicted octanol–water partition coefficient (Wildman–Crippen LogP) is 2.46. The Morgan fingerprint density at radius 3 is 2.27 bits per heavy atom. The molecule has 0 spiro atoms. The zero-order valence-corrected chi connectivity index (χ0v) is 9.97. The summed E-state index contributed by atoms with van der Waals surface area (Å²) in [4.78, 5) is 10.8.